The molecule has 1 aliphatic rings. The van der Waals surface area contributed by atoms with Gasteiger partial charge >= 0.3 is 23.9 Å². The fourth-order valence-electron chi connectivity index (χ4n) is 3.07. The molecule has 0 saturated carbocycles. The van der Waals surface area contributed by atoms with E-state index in [0.29, 0.717) is 5.75 Å². The van der Waals surface area contributed by atoms with Crippen molar-refractivity contribution < 1.29 is 47.6 Å². The molecule has 1 saturated heterocycles. The van der Waals surface area contributed by atoms with Gasteiger partial charge in [-0.05, 0) is 17.7 Å². The van der Waals surface area contributed by atoms with Gasteiger partial charge in [0.2, 0.25) is 12.4 Å². The van der Waals surface area contributed by atoms with Crippen molar-refractivity contribution in [2.24, 2.45) is 0 Å². The van der Waals surface area contributed by atoms with Crippen molar-refractivity contribution in [3.8, 4) is 5.75 Å². The Morgan fingerprint density at radius 2 is 1.34 bits per heavy atom. The molecule has 0 amide bonds. The van der Waals surface area contributed by atoms with Crippen LogP contribution in [0.4, 0.5) is 0 Å². The van der Waals surface area contributed by atoms with Crippen LogP contribution in [-0.4, -0.2) is 61.2 Å². The third-order valence-electron chi connectivity index (χ3n) is 4.28. The monoisotopic (exact) mass is 564 g/mol. The van der Waals surface area contributed by atoms with Crippen LogP contribution in [0.15, 0.2) is 24.3 Å². The first-order valence-corrected chi connectivity index (χ1v) is 11.2. The highest BCUT2D eigenvalue weighted by atomic mass is 127. The molecule has 3 unspecified atom stereocenters. The molecule has 176 valence electrons. The summed E-state index contributed by atoms with van der Waals surface area (Å²) in [4.78, 5) is 46.7. The van der Waals surface area contributed by atoms with Crippen molar-refractivity contribution in [3.05, 3.63) is 29.8 Å². The maximum absolute atomic E-state index is 11.8. The SMILES string of the molecule is CC(=O)OCC1OC(Oc2ccc(CI)cc2)[C@@H](OC(C)=O)C(OC(C)=O)[C@H]1OC(C)=O. The van der Waals surface area contributed by atoms with E-state index in [1.54, 1.807) is 12.1 Å². The summed E-state index contributed by atoms with van der Waals surface area (Å²) in [6, 6.07) is 7.13. The van der Waals surface area contributed by atoms with Crippen LogP contribution in [0.5, 0.6) is 5.75 Å². The number of benzene rings is 1. The molecule has 0 aromatic heterocycles. The second-order valence-corrected chi connectivity index (χ2v) is 7.73. The molecule has 10 nitrogen and oxygen atoms in total. The molecule has 5 atom stereocenters. The zero-order valence-electron chi connectivity index (χ0n) is 18.1. The van der Waals surface area contributed by atoms with Crippen LogP contribution >= 0.6 is 22.6 Å². The van der Waals surface area contributed by atoms with Gasteiger partial charge in [0, 0.05) is 32.1 Å². The first-order chi connectivity index (χ1) is 15.1. The van der Waals surface area contributed by atoms with E-state index in [1.807, 2.05) is 12.1 Å². The van der Waals surface area contributed by atoms with Gasteiger partial charge in [0.05, 0.1) is 0 Å². The third-order valence-corrected chi connectivity index (χ3v) is 5.16. The van der Waals surface area contributed by atoms with Gasteiger partial charge < -0.3 is 28.4 Å². The molecule has 0 aliphatic carbocycles. The number of alkyl halides is 1. The molecule has 32 heavy (non-hydrogen) atoms. The van der Waals surface area contributed by atoms with Gasteiger partial charge in [-0.15, -0.1) is 0 Å². The summed E-state index contributed by atoms with van der Waals surface area (Å²) in [6.07, 6.45) is -6.06. The second-order valence-electron chi connectivity index (χ2n) is 6.96. The van der Waals surface area contributed by atoms with Crippen molar-refractivity contribution >= 4 is 46.5 Å². The Morgan fingerprint density at radius 1 is 0.812 bits per heavy atom. The van der Waals surface area contributed by atoms with Gasteiger partial charge in [0.15, 0.2) is 12.2 Å². The van der Waals surface area contributed by atoms with Crippen LogP contribution in [0, 0.1) is 0 Å². The second kappa shape index (κ2) is 12.0. The number of halogens is 1. The van der Waals surface area contributed by atoms with Crippen molar-refractivity contribution in [1.82, 2.24) is 0 Å². The molecule has 0 spiro atoms. The minimum absolute atomic E-state index is 0.314. The minimum Gasteiger partial charge on any atom is -0.463 e. The topological polar surface area (TPSA) is 124 Å². The highest BCUT2D eigenvalue weighted by Crippen LogP contribution is 2.31. The Hall–Kier alpha value is -2.41. The van der Waals surface area contributed by atoms with E-state index in [1.165, 1.54) is 13.8 Å². The minimum atomic E-state index is -1.27. The van der Waals surface area contributed by atoms with Crippen LogP contribution in [0.2, 0.25) is 0 Å². The third kappa shape index (κ3) is 7.62. The Bertz CT molecular complexity index is 824. The molecule has 0 bridgehead atoms. The molecule has 1 aliphatic heterocycles. The maximum atomic E-state index is 11.8. The lowest BCUT2D eigenvalue weighted by Crippen LogP contribution is -2.63. The molecule has 2 rings (SSSR count). The fourth-order valence-corrected chi connectivity index (χ4v) is 3.58. The first-order valence-electron chi connectivity index (χ1n) is 9.72. The zero-order chi connectivity index (χ0) is 23.8. The number of carbonyl (C=O) groups is 4. The molecule has 1 aromatic carbocycles. The van der Waals surface area contributed by atoms with Gasteiger partial charge in [-0.25, -0.2) is 0 Å². The van der Waals surface area contributed by atoms with Gasteiger partial charge in [-0.1, -0.05) is 34.7 Å². The first kappa shape index (κ1) is 25.8. The molecule has 1 aromatic rings. The fraction of sp³-hybridized carbons (Fsp3) is 0.524. The summed E-state index contributed by atoms with van der Waals surface area (Å²) in [7, 11) is 0. The quantitative estimate of drug-likeness (QED) is 0.201. The van der Waals surface area contributed by atoms with Gasteiger partial charge in [-0.2, -0.15) is 0 Å². The lowest BCUT2D eigenvalue weighted by atomic mass is 9.98. The predicted octanol–water partition coefficient (Wildman–Crippen LogP) is 2.08. The van der Waals surface area contributed by atoms with E-state index < -0.39 is 54.6 Å². The molecule has 1 fully saturated rings. The molecule has 0 radical (unpaired) electrons. The predicted molar refractivity (Wildman–Crippen MR) is 117 cm³/mol. The Kier molecular flexibility index (Phi) is 9.69. The molecular weight excluding hydrogens is 539 g/mol. The number of rotatable bonds is 8. The van der Waals surface area contributed by atoms with Crippen molar-refractivity contribution in [2.45, 2.75) is 62.8 Å². The maximum Gasteiger partial charge on any atom is 0.303 e. The highest BCUT2D eigenvalue weighted by Gasteiger charge is 2.53. The van der Waals surface area contributed by atoms with Gasteiger partial charge in [-0.3, -0.25) is 19.2 Å². The average Bonchev–Trinajstić information content (AvgIpc) is 2.70. The van der Waals surface area contributed by atoms with E-state index in [2.05, 4.69) is 22.6 Å². The van der Waals surface area contributed by atoms with E-state index in [-0.39, 0.29) is 6.61 Å². The van der Waals surface area contributed by atoms with E-state index in [0.717, 1.165) is 23.8 Å². The summed E-state index contributed by atoms with van der Waals surface area (Å²) in [5, 5.41) is 0. The normalized spacial score (nSPS) is 24.7. The Morgan fingerprint density at radius 3 is 1.84 bits per heavy atom. The summed E-state index contributed by atoms with van der Waals surface area (Å²) >= 11 is 2.22. The molecule has 11 heteroatoms. The summed E-state index contributed by atoms with van der Waals surface area (Å²) in [6.45, 7) is 4.38. The van der Waals surface area contributed by atoms with Crippen LogP contribution in [0.1, 0.15) is 33.3 Å². The smallest absolute Gasteiger partial charge is 0.303 e. The van der Waals surface area contributed by atoms with Crippen molar-refractivity contribution in [1.29, 1.82) is 0 Å². The van der Waals surface area contributed by atoms with E-state index >= 15 is 0 Å². The average molecular weight is 564 g/mol. The molecular formula is C21H25IO10. The Balaban J connectivity index is 2.42. The summed E-state index contributed by atoms with van der Waals surface area (Å²) in [5.41, 5.74) is 1.07. The number of hydrogen-bond acceptors (Lipinski definition) is 10. The van der Waals surface area contributed by atoms with Crippen LogP contribution in [0.3, 0.4) is 0 Å². The summed E-state index contributed by atoms with van der Waals surface area (Å²) < 4.78 is 33.6. The number of ether oxygens (including phenoxy) is 6. The van der Waals surface area contributed by atoms with E-state index in [9.17, 15) is 19.2 Å². The Labute approximate surface area is 198 Å². The van der Waals surface area contributed by atoms with Crippen LogP contribution < -0.4 is 4.74 Å². The van der Waals surface area contributed by atoms with Gasteiger partial charge in [0.25, 0.3) is 0 Å². The number of hydrogen-bond donors (Lipinski definition) is 0. The zero-order valence-corrected chi connectivity index (χ0v) is 20.2. The van der Waals surface area contributed by atoms with Gasteiger partial charge in [0.1, 0.15) is 18.5 Å². The standard InChI is InChI=1S/C21H25IO10/c1-11(23)27-10-17-18(28-12(2)24)19(29-13(3)25)20(30-14(4)26)21(32-17)31-16-7-5-15(9-22)6-8-16/h5-8,17-21H,9-10H2,1-4H3/t17?,18-,19?,20-,21?/m0/s1. The number of carbonyl (C=O) groups excluding carboxylic acids is 4. The lowest BCUT2D eigenvalue weighted by molar-refractivity contribution is -0.288. The number of esters is 4. The lowest BCUT2D eigenvalue weighted by Gasteiger charge is -2.43. The molecule has 0 N–H and O–H groups in total. The van der Waals surface area contributed by atoms with Crippen LogP contribution in [0.25, 0.3) is 0 Å². The highest BCUT2D eigenvalue weighted by molar-refractivity contribution is 14.1. The summed E-state index contributed by atoms with van der Waals surface area (Å²) in [5.74, 6) is -2.28. The van der Waals surface area contributed by atoms with Crippen LogP contribution in [-0.2, 0) is 47.3 Å². The van der Waals surface area contributed by atoms with Crippen molar-refractivity contribution in [3.63, 3.8) is 0 Å². The van der Waals surface area contributed by atoms with Crippen molar-refractivity contribution in [2.75, 3.05) is 6.61 Å². The van der Waals surface area contributed by atoms with E-state index in [4.69, 9.17) is 28.4 Å². The largest absolute Gasteiger partial charge is 0.463 e. The molecule has 1 heterocycles.